The lowest BCUT2D eigenvalue weighted by molar-refractivity contribution is -0.123. The molecular weight excluding hydrogens is 240 g/mol. The second-order valence-electron chi connectivity index (χ2n) is 5.19. The molecular formula is C15H22N2O2. The van der Waals surface area contributed by atoms with Crippen molar-refractivity contribution >= 4 is 11.6 Å². The number of nitrogens with zero attached hydrogens (tertiary/aromatic N) is 2. The largest absolute Gasteiger partial charge is 0.396 e. The SMILES string of the molecule is Cc1ccc(N2CCCN(C)C(CCO)C2=O)cc1. The summed E-state index contributed by atoms with van der Waals surface area (Å²) in [4.78, 5) is 16.5. The topological polar surface area (TPSA) is 43.8 Å². The first kappa shape index (κ1) is 14.0. The van der Waals surface area contributed by atoms with Crippen molar-refractivity contribution in [2.45, 2.75) is 25.8 Å². The first-order valence-corrected chi connectivity index (χ1v) is 6.82. The Balaban J connectivity index is 2.24. The molecule has 1 amide bonds. The van der Waals surface area contributed by atoms with Crippen LogP contribution in [0.25, 0.3) is 0 Å². The predicted molar refractivity (Wildman–Crippen MR) is 76.3 cm³/mol. The van der Waals surface area contributed by atoms with Crippen LogP contribution in [-0.2, 0) is 4.79 Å². The summed E-state index contributed by atoms with van der Waals surface area (Å²) in [6.07, 6.45) is 1.45. The molecule has 1 aliphatic rings. The van der Waals surface area contributed by atoms with Crippen molar-refractivity contribution in [3.05, 3.63) is 29.8 Å². The fourth-order valence-electron chi connectivity index (χ4n) is 2.56. The van der Waals surface area contributed by atoms with Crippen molar-refractivity contribution in [2.75, 3.05) is 31.6 Å². The second kappa shape index (κ2) is 6.17. The molecule has 0 radical (unpaired) electrons. The van der Waals surface area contributed by atoms with E-state index in [-0.39, 0.29) is 18.6 Å². The molecule has 1 N–H and O–H groups in total. The van der Waals surface area contributed by atoms with Gasteiger partial charge in [0.15, 0.2) is 0 Å². The molecule has 4 nitrogen and oxygen atoms in total. The molecule has 0 spiro atoms. The second-order valence-corrected chi connectivity index (χ2v) is 5.19. The quantitative estimate of drug-likeness (QED) is 0.896. The Morgan fingerprint density at radius 1 is 1.26 bits per heavy atom. The Labute approximate surface area is 114 Å². The molecule has 1 saturated heterocycles. The van der Waals surface area contributed by atoms with Crippen LogP contribution in [0.3, 0.4) is 0 Å². The van der Waals surface area contributed by atoms with Crippen LogP contribution in [-0.4, -0.2) is 48.7 Å². The number of likely N-dealkylation sites (N-methyl/N-ethyl adjacent to an activating group) is 1. The van der Waals surface area contributed by atoms with Gasteiger partial charge in [-0.25, -0.2) is 0 Å². The van der Waals surface area contributed by atoms with E-state index in [1.807, 2.05) is 48.0 Å². The molecule has 1 aromatic rings. The average Bonchev–Trinajstić information content (AvgIpc) is 2.53. The highest BCUT2D eigenvalue weighted by atomic mass is 16.3. The summed E-state index contributed by atoms with van der Waals surface area (Å²) >= 11 is 0. The number of rotatable bonds is 3. The monoisotopic (exact) mass is 262 g/mol. The number of aryl methyl sites for hydroxylation is 1. The number of benzene rings is 1. The van der Waals surface area contributed by atoms with Gasteiger partial charge in [-0.1, -0.05) is 17.7 Å². The zero-order valence-electron chi connectivity index (χ0n) is 11.7. The van der Waals surface area contributed by atoms with E-state index in [0.717, 1.165) is 25.2 Å². The molecule has 0 aromatic heterocycles. The van der Waals surface area contributed by atoms with E-state index in [4.69, 9.17) is 5.11 Å². The van der Waals surface area contributed by atoms with Crippen molar-refractivity contribution in [2.24, 2.45) is 0 Å². The summed E-state index contributed by atoms with van der Waals surface area (Å²) in [6.45, 7) is 3.71. The van der Waals surface area contributed by atoms with Crippen LogP contribution in [0.5, 0.6) is 0 Å². The lowest BCUT2D eigenvalue weighted by atomic mass is 10.1. The van der Waals surface area contributed by atoms with Crippen molar-refractivity contribution < 1.29 is 9.90 Å². The molecule has 1 fully saturated rings. The highest BCUT2D eigenvalue weighted by Crippen LogP contribution is 2.21. The fraction of sp³-hybridized carbons (Fsp3) is 0.533. The van der Waals surface area contributed by atoms with E-state index in [0.29, 0.717) is 6.42 Å². The van der Waals surface area contributed by atoms with Crippen molar-refractivity contribution in [1.29, 1.82) is 0 Å². The Morgan fingerprint density at radius 2 is 1.95 bits per heavy atom. The van der Waals surface area contributed by atoms with Gasteiger partial charge in [0.1, 0.15) is 0 Å². The minimum absolute atomic E-state index is 0.0441. The van der Waals surface area contributed by atoms with Gasteiger partial charge in [0.2, 0.25) is 5.91 Å². The van der Waals surface area contributed by atoms with E-state index >= 15 is 0 Å². The number of aliphatic hydroxyl groups excluding tert-OH is 1. The van der Waals surface area contributed by atoms with Crippen molar-refractivity contribution in [3.8, 4) is 0 Å². The fourth-order valence-corrected chi connectivity index (χ4v) is 2.56. The third-order valence-electron chi connectivity index (χ3n) is 3.72. The lowest BCUT2D eigenvalue weighted by Gasteiger charge is -2.27. The molecule has 19 heavy (non-hydrogen) atoms. The van der Waals surface area contributed by atoms with Crippen LogP contribution >= 0.6 is 0 Å². The van der Waals surface area contributed by atoms with Crippen LogP contribution < -0.4 is 4.90 Å². The predicted octanol–water partition coefficient (Wildman–Crippen LogP) is 1.41. The molecule has 2 rings (SSSR count). The Kier molecular flexibility index (Phi) is 4.56. The molecule has 1 aliphatic heterocycles. The molecule has 0 bridgehead atoms. The van der Waals surface area contributed by atoms with Crippen LogP contribution in [0.2, 0.25) is 0 Å². The van der Waals surface area contributed by atoms with Gasteiger partial charge in [-0.05, 0) is 38.9 Å². The molecule has 0 aliphatic carbocycles. The van der Waals surface area contributed by atoms with Gasteiger partial charge in [-0.2, -0.15) is 0 Å². The third kappa shape index (κ3) is 3.14. The van der Waals surface area contributed by atoms with Crippen LogP contribution in [0.4, 0.5) is 5.69 Å². The molecule has 104 valence electrons. The highest BCUT2D eigenvalue weighted by Gasteiger charge is 2.30. The summed E-state index contributed by atoms with van der Waals surface area (Å²) < 4.78 is 0. The summed E-state index contributed by atoms with van der Waals surface area (Å²) in [7, 11) is 1.96. The maximum absolute atomic E-state index is 12.6. The number of hydrogen-bond acceptors (Lipinski definition) is 3. The zero-order chi connectivity index (χ0) is 13.8. The van der Waals surface area contributed by atoms with Gasteiger partial charge in [0, 0.05) is 25.4 Å². The molecule has 1 aromatic carbocycles. The lowest BCUT2D eigenvalue weighted by Crippen LogP contribution is -2.45. The summed E-state index contributed by atoms with van der Waals surface area (Å²) in [5.41, 5.74) is 2.14. The van der Waals surface area contributed by atoms with Gasteiger partial charge in [0.05, 0.1) is 6.04 Å². The number of aliphatic hydroxyl groups is 1. The summed E-state index contributed by atoms with van der Waals surface area (Å²) in [5, 5.41) is 9.14. The van der Waals surface area contributed by atoms with E-state index in [9.17, 15) is 4.79 Å². The minimum atomic E-state index is -0.214. The number of amides is 1. The number of anilines is 1. The molecule has 0 saturated carbocycles. The van der Waals surface area contributed by atoms with E-state index in [2.05, 4.69) is 0 Å². The van der Waals surface area contributed by atoms with Crippen LogP contribution in [0, 0.1) is 6.92 Å². The highest BCUT2D eigenvalue weighted by molar-refractivity contribution is 5.97. The molecule has 4 heteroatoms. The van der Waals surface area contributed by atoms with Gasteiger partial charge >= 0.3 is 0 Å². The van der Waals surface area contributed by atoms with Gasteiger partial charge in [-0.15, -0.1) is 0 Å². The maximum Gasteiger partial charge on any atom is 0.244 e. The molecule has 1 unspecified atom stereocenters. The summed E-state index contributed by atoms with van der Waals surface area (Å²) in [5.74, 6) is 0.0953. The van der Waals surface area contributed by atoms with Gasteiger partial charge in [-0.3, -0.25) is 9.69 Å². The number of carbonyl (C=O) groups is 1. The van der Waals surface area contributed by atoms with E-state index in [1.54, 1.807) is 0 Å². The van der Waals surface area contributed by atoms with Crippen molar-refractivity contribution in [3.63, 3.8) is 0 Å². The normalized spacial score (nSPS) is 21.5. The third-order valence-corrected chi connectivity index (χ3v) is 3.72. The Bertz CT molecular complexity index is 430. The van der Waals surface area contributed by atoms with Gasteiger partial charge in [0.25, 0.3) is 0 Å². The molecule has 1 heterocycles. The van der Waals surface area contributed by atoms with E-state index in [1.165, 1.54) is 5.56 Å². The van der Waals surface area contributed by atoms with Crippen molar-refractivity contribution in [1.82, 2.24) is 4.90 Å². The summed E-state index contributed by atoms with van der Waals surface area (Å²) in [6, 6.07) is 7.83. The average molecular weight is 262 g/mol. The smallest absolute Gasteiger partial charge is 0.244 e. The number of hydrogen-bond donors (Lipinski definition) is 1. The van der Waals surface area contributed by atoms with E-state index < -0.39 is 0 Å². The Hall–Kier alpha value is -1.39. The number of carbonyl (C=O) groups excluding carboxylic acids is 1. The first-order chi connectivity index (χ1) is 9.13. The first-order valence-electron chi connectivity index (χ1n) is 6.82. The zero-order valence-corrected chi connectivity index (χ0v) is 11.7. The Morgan fingerprint density at radius 3 is 2.58 bits per heavy atom. The van der Waals surface area contributed by atoms with Crippen LogP contribution in [0.15, 0.2) is 24.3 Å². The standard InChI is InChI=1S/C15H22N2O2/c1-12-4-6-13(7-5-12)17-10-3-9-16(2)14(8-11-18)15(17)19/h4-7,14,18H,3,8-11H2,1-2H3. The molecule has 1 atom stereocenters. The van der Waals surface area contributed by atoms with Gasteiger partial charge < -0.3 is 10.0 Å². The van der Waals surface area contributed by atoms with Crippen LogP contribution in [0.1, 0.15) is 18.4 Å². The maximum atomic E-state index is 12.6. The minimum Gasteiger partial charge on any atom is -0.396 e.